The van der Waals surface area contributed by atoms with E-state index in [1.165, 1.54) is 5.56 Å². The van der Waals surface area contributed by atoms with Crippen LogP contribution in [0, 0.1) is 0 Å². The molecule has 5 nitrogen and oxygen atoms in total. The van der Waals surface area contributed by atoms with Crippen molar-refractivity contribution in [1.82, 2.24) is 5.01 Å². The maximum atomic E-state index is 6.57. The quantitative estimate of drug-likeness (QED) is 0.645. The summed E-state index contributed by atoms with van der Waals surface area (Å²) >= 11 is 0. The zero-order valence-corrected chi connectivity index (χ0v) is 15.9. The fourth-order valence-electron chi connectivity index (χ4n) is 3.46. The smallest absolute Gasteiger partial charge is 0.121 e. The van der Waals surface area contributed by atoms with E-state index in [9.17, 15) is 0 Å². The Morgan fingerprint density at radius 2 is 2.00 bits per heavy atom. The highest BCUT2D eigenvalue weighted by atomic mass is 31.1. The molecule has 3 rings (SSSR count). The van der Waals surface area contributed by atoms with Crippen molar-refractivity contribution < 1.29 is 0 Å². The maximum absolute atomic E-state index is 6.57. The van der Waals surface area contributed by atoms with E-state index in [0.29, 0.717) is 8.73 Å². The summed E-state index contributed by atoms with van der Waals surface area (Å²) in [5, 5.41) is 1.64. The average Bonchev–Trinajstić information content (AvgIpc) is 2.77. The third kappa shape index (κ3) is 3.83. The molecular formula is C19H26N5P. The van der Waals surface area contributed by atoms with Crippen LogP contribution in [0.2, 0.25) is 0 Å². The predicted molar refractivity (Wildman–Crippen MR) is 108 cm³/mol. The molecule has 0 bridgehead atoms. The van der Waals surface area contributed by atoms with Crippen LogP contribution in [0.3, 0.4) is 0 Å². The van der Waals surface area contributed by atoms with Crippen molar-refractivity contribution in [2.45, 2.75) is 32.1 Å². The first-order valence-corrected chi connectivity index (χ1v) is 10.1. The minimum absolute atomic E-state index is 0.221. The largest absolute Gasteiger partial charge is 0.401 e. The summed E-state index contributed by atoms with van der Waals surface area (Å²) in [6, 6.07) is 10.5. The van der Waals surface area contributed by atoms with Crippen LogP contribution in [0.1, 0.15) is 37.7 Å². The van der Waals surface area contributed by atoms with Crippen molar-refractivity contribution >= 4 is 20.3 Å². The summed E-state index contributed by atoms with van der Waals surface area (Å²) in [7, 11) is 0.521. The van der Waals surface area contributed by atoms with Gasteiger partial charge in [0.15, 0.2) is 0 Å². The van der Waals surface area contributed by atoms with Gasteiger partial charge in [-0.15, -0.1) is 0 Å². The monoisotopic (exact) mass is 355 g/mol. The fourth-order valence-corrected chi connectivity index (χ4v) is 3.94. The molecule has 0 spiro atoms. The van der Waals surface area contributed by atoms with Crippen LogP contribution in [-0.4, -0.2) is 29.8 Å². The lowest BCUT2D eigenvalue weighted by Crippen LogP contribution is -2.36. The fraction of sp³-hybridized carbons (Fsp3) is 0.368. The van der Waals surface area contributed by atoms with Crippen LogP contribution in [0.25, 0.3) is 0 Å². The molecule has 6 heteroatoms. The van der Waals surface area contributed by atoms with Gasteiger partial charge in [-0.05, 0) is 43.1 Å². The van der Waals surface area contributed by atoms with Gasteiger partial charge in [-0.25, -0.2) is 5.84 Å². The Morgan fingerprint density at radius 1 is 1.24 bits per heavy atom. The van der Waals surface area contributed by atoms with E-state index in [0.717, 1.165) is 54.2 Å². The number of rotatable bonds is 3. The average molecular weight is 355 g/mol. The number of hydrogen-bond donors (Lipinski definition) is 2. The Morgan fingerprint density at radius 3 is 2.68 bits per heavy atom. The first-order valence-electron chi connectivity index (χ1n) is 8.66. The van der Waals surface area contributed by atoms with Crippen molar-refractivity contribution in [2.24, 2.45) is 21.3 Å². The first-order chi connectivity index (χ1) is 12.1. The van der Waals surface area contributed by atoms with Gasteiger partial charge >= 0.3 is 0 Å². The number of aliphatic imine (C=N–C) groups is 1. The highest BCUT2D eigenvalue weighted by molar-refractivity contribution is 7.35. The zero-order valence-electron chi connectivity index (χ0n) is 14.9. The molecule has 0 amide bonds. The number of hydrazine groups is 1. The van der Waals surface area contributed by atoms with Crippen LogP contribution < -0.4 is 11.6 Å². The third-order valence-electron chi connectivity index (χ3n) is 4.81. The van der Waals surface area contributed by atoms with Gasteiger partial charge in [0, 0.05) is 39.5 Å². The van der Waals surface area contributed by atoms with Crippen LogP contribution in [0.15, 0.2) is 63.1 Å². The topological polar surface area (TPSA) is 80.0 Å². The molecule has 1 aromatic rings. The Bertz CT molecular complexity index is 748. The molecule has 0 radical (unpaired) electrons. The van der Waals surface area contributed by atoms with E-state index >= 15 is 0 Å². The van der Waals surface area contributed by atoms with Crippen molar-refractivity contribution in [3.05, 3.63) is 58.9 Å². The van der Waals surface area contributed by atoms with E-state index in [4.69, 9.17) is 16.6 Å². The molecule has 0 fully saturated rings. The molecule has 2 heterocycles. The molecule has 2 aliphatic rings. The molecule has 0 aromatic heterocycles. The highest BCUT2D eigenvalue weighted by Crippen LogP contribution is 2.32. The van der Waals surface area contributed by atoms with Gasteiger partial charge in [0.2, 0.25) is 0 Å². The van der Waals surface area contributed by atoms with Crippen molar-refractivity contribution in [3.8, 4) is 0 Å². The lowest BCUT2D eigenvalue weighted by molar-refractivity contribution is 0.559. The molecule has 2 unspecified atom stereocenters. The van der Waals surface area contributed by atoms with Gasteiger partial charge in [0.1, 0.15) is 5.84 Å². The van der Waals surface area contributed by atoms with Gasteiger partial charge in [-0.2, -0.15) is 0 Å². The minimum Gasteiger partial charge on any atom is -0.401 e. The second-order valence-corrected chi connectivity index (χ2v) is 7.05. The van der Waals surface area contributed by atoms with Gasteiger partial charge in [0.05, 0.1) is 5.71 Å². The second kappa shape index (κ2) is 7.94. The number of nitrogens with two attached hydrogens (primary N) is 2. The van der Waals surface area contributed by atoms with Gasteiger partial charge in [-0.3, -0.25) is 14.8 Å². The second-order valence-electron chi connectivity index (χ2n) is 6.38. The molecule has 25 heavy (non-hydrogen) atoms. The molecule has 0 saturated heterocycles. The molecule has 1 aromatic carbocycles. The molecule has 4 N–H and O–H groups in total. The number of benzene rings is 1. The van der Waals surface area contributed by atoms with E-state index in [-0.39, 0.29) is 5.92 Å². The molecule has 0 saturated carbocycles. The molecule has 2 aliphatic heterocycles. The molecule has 0 aliphatic carbocycles. The van der Waals surface area contributed by atoms with Gasteiger partial charge < -0.3 is 5.73 Å². The minimum atomic E-state index is 0.221. The highest BCUT2D eigenvalue weighted by Gasteiger charge is 2.25. The van der Waals surface area contributed by atoms with E-state index in [1.807, 2.05) is 18.9 Å². The third-order valence-corrected chi connectivity index (χ3v) is 5.29. The Kier molecular flexibility index (Phi) is 5.67. The normalized spacial score (nSPS) is 23.9. The summed E-state index contributed by atoms with van der Waals surface area (Å²) in [6.45, 7) is 4.90. The van der Waals surface area contributed by atoms with Crippen molar-refractivity contribution in [3.63, 3.8) is 0 Å². The van der Waals surface area contributed by atoms with Crippen molar-refractivity contribution in [1.29, 1.82) is 0 Å². The maximum Gasteiger partial charge on any atom is 0.121 e. The predicted octanol–water partition coefficient (Wildman–Crippen LogP) is 3.32. The van der Waals surface area contributed by atoms with Gasteiger partial charge in [-0.1, -0.05) is 30.3 Å². The Hall–Kier alpha value is -1.97. The number of hydrogen-bond acceptors (Lipinski definition) is 4. The van der Waals surface area contributed by atoms with Crippen LogP contribution in [-0.2, 0) is 0 Å². The Balaban J connectivity index is 1.91. The lowest BCUT2D eigenvalue weighted by Gasteiger charge is -2.25. The zero-order chi connectivity index (χ0) is 17.8. The molecule has 132 valence electrons. The van der Waals surface area contributed by atoms with Crippen molar-refractivity contribution in [2.75, 3.05) is 13.2 Å². The molecule has 2 atom stereocenters. The molecular weight excluding hydrogens is 329 g/mol. The van der Waals surface area contributed by atoms with Gasteiger partial charge in [0.25, 0.3) is 0 Å². The van der Waals surface area contributed by atoms with E-state index in [1.54, 1.807) is 5.01 Å². The number of nitrogens with zero attached hydrogens (tertiary/aromatic N) is 3. The summed E-state index contributed by atoms with van der Waals surface area (Å²) in [6.07, 6.45) is 4.63. The van der Waals surface area contributed by atoms with E-state index < -0.39 is 0 Å². The van der Waals surface area contributed by atoms with Crippen LogP contribution in [0.4, 0.5) is 0 Å². The van der Waals surface area contributed by atoms with E-state index in [2.05, 4.69) is 36.0 Å². The lowest BCUT2D eigenvalue weighted by atomic mass is 9.89. The SMILES string of the molecule is CPN=C1CCC(C2=NCCC(c3ccccc3)C(N)=C2C)=CN1N. The van der Waals surface area contributed by atoms with Crippen LogP contribution >= 0.6 is 8.73 Å². The Labute approximate surface area is 151 Å². The van der Waals surface area contributed by atoms with Crippen LogP contribution in [0.5, 0.6) is 0 Å². The number of amidine groups is 1. The summed E-state index contributed by atoms with van der Waals surface area (Å²) in [5.41, 5.74) is 12.0. The summed E-state index contributed by atoms with van der Waals surface area (Å²) in [5.74, 6) is 7.29. The standard InChI is InChI=1S/C19H26N5P/c1-13-18(20)16(14-6-4-3-5-7-14)10-11-22-19(13)15-8-9-17(23-25-2)24(21)12-15/h3-7,12,16,25H,8-11,20-21H2,1-2H3. The number of allylic oxidation sites excluding steroid dienone is 3. The summed E-state index contributed by atoms with van der Waals surface area (Å²) < 4.78 is 4.47. The summed E-state index contributed by atoms with van der Waals surface area (Å²) in [4.78, 5) is 4.85. The first kappa shape index (κ1) is 17.8.